The van der Waals surface area contributed by atoms with Gasteiger partial charge in [-0.25, -0.2) is 0 Å². The minimum absolute atomic E-state index is 0.187. The molecule has 2 bridgehead atoms. The molecule has 0 aromatic heterocycles. The molecule has 0 aromatic carbocycles. The number of aliphatic hydroxyl groups is 1. The van der Waals surface area contributed by atoms with E-state index in [0.29, 0.717) is 0 Å². The molecule has 1 fully saturated rings. The minimum atomic E-state index is -0.902. The van der Waals surface area contributed by atoms with Crippen LogP contribution in [-0.2, 0) is 4.74 Å². The van der Waals surface area contributed by atoms with Gasteiger partial charge in [-0.1, -0.05) is 12.5 Å². The summed E-state index contributed by atoms with van der Waals surface area (Å²) in [6, 6.07) is 0. The zero-order valence-corrected chi connectivity index (χ0v) is 5.92. The molecule has 2 heteroatoms. The molecule has 0 spiro atoms. The van der Waals surface area contributed by atoms with Crippen LogP contribution >= 0.6 is 0 Å². The van der Waals surface area contributed by atoms with E-state index in [2.05, 4.69) is 0 Å². The minimum Gasteiger partial charge on any atom is -0.362 e. The van der Waals surface area contributed by atoms with Crippen molar-refractivity contribution in [1.82, 2.24) is 0 Å². The molecule has 2 aliphatic rings. The van der Waals surface area contributed by atoms with E-state index in [9.17, 15) is 5.11 Å². The first-order chi connectivity index (χ1) is 4.79. The van der Waals surface area contributed by atoms with E-state index in [1.165, 1.54) is 6.42 Å². The van der Waals surface area contributed by atoms with Gasteiger partial charge in [-0.3, -0.25) is 0 Å². The smallest absolute Gasteiger partial charge is 0.185 e. The van der Waals surface area contributed by atoms with E-state index in [0.717, 1.165) is 19.3 Å². The first-order valence-corrected chi connectivity index (χ1v) is 3.88. The standard InChI is InChI=1S/C8H12O2/c9-8-5-2-1-3-7(10-8)4-6-8/h4,6-7,9H,1-3,5H2/t7-,8-/m1/s1. The maximum atomic E-state index is 9.59. The number of rotatable bonds is 0. The van der Waals surface area contributed by atoms with Gasteiger partial charge in [0.2, 0.25) is 0 Å². The van der Waals surface area contributed by atoms with Crippen LogP contribution in [0.1, 0.15) is 25.7 Å². The molecular weight excluding hydrogens is 128 g/mol. The van der Waals surface area contributed by atoms with E-state index < -0.39 is 5.79 Å². The van der Waals surface area contributed by atoms with Crippen molar-refractivity contribution in [2.45, 2.75) is 37.6 Å². The lowest BCUT2D eigenvalue weighted by Gasteiger charge is -2.19. The van der Waals surface area contributed by atoms with Gasteiger partial charge in [-0.15, -0.1) is 0 Å². The van der Waals surface area contributed by atoms with Gasteiger partial charge in [0, 0.05) is 6.42 Å². The van der Waals surface area contributed by atoms with Crippen LogP contribution < -0.4 is 0 Å². The summed E-state index contributed by atoms with van der Waals surface area (Å²) in [5.74, 6) is -0.902. The molecular formula is C8H12O2. The van der Waals surface area contributed by atoms with Crippen molar-refractivity contribution in [1.29, 1.82) is 0 Å². The van der Waals surface area contributed by atoms with Gasteiger partial charge in [0.1, 0.15) is 0 Å². The van der Waals surface area contributed by atoms with E-state index >= 15 is 0 Å². The zero-order chi connectivity index (χ0) is 7.03. The van der Waals surface area contributed by atoms with Crippen molar-refractivity contribution in [3.05, 3.63) is 12.2 Å². The Morgan fingerprint density at radius 3 is 3.30 bits per heavy atom. The Labute approximate surface area is 60.5 Å². The molecule has 0 amide bonds. The average molecular weight is 140 g/mol. The van der Waals surface area contributed by atoms with Crippen LogP contribution in [0.25, 0.3) is 0 Å². The maximum Gasteiger partial charge on any atom is 0.185 e. The predicted molar refractivity (Wildman–Crippen MR) is 37.4 cm³/mol. The third-order valence-electron chi connectivity index (χ3n) is 2.20. The summed E-state index contributed by atoms with van der Waals surface area (Å²) in [6.07, 6.45) is 8.04. The van der Waals surface area contributed by atoms with Gasteiger partial charge < -0.3 is 9.84 Å². The first-order valence-electron chi connectivity index (χ1n) is 3.88. The van der Waals surface area contributed by atoms with Crippen LogP contribution in [0.4, 0.5) is 0 Å². The van der Waals surface area contributed by atoms with E-state index in [1.54, 1.807) is 6.08 Å². The third kappa shape index (κ3) is 0.976. The quantitative estimate of drug-likeness (QED) is 0.512. The molecule has 1 N–H and O–H groups in total. The predicted octanol–water partition coefficient (Wildman–Crippen LogP) is 1.20. The highest BCUT2D eigenvalue weighted by molar-refractivity contribution is 5.07. The Morgan fingerprint density at radius 1 is 1.50 bits per heavy atom. The second-order valence-corrected chi connectivity index (χ2v) is 3.11. The molecule has 2 aliphatic heterocycles. The monoisotopic (exact) mass is 140 g/mol. The summed E-state index contributed by atoms with van der Waals surface area (Å²) in [5, 5.41) is 9.59. The highest BCUT2D eigenvalue weighted by atomic mass is 16.6. The van der Waals surface area contributed by atoms with Crippen LogP contribution in [-0.4, -0.2) is 17.0 Å². The molecule has 0 radical (unpaired) electrons. The molecule has 0 aromatic rings. The number of fused-ring (bicyclic) bond motifs is 2. The van der Waals surface area contributed by atoms with Crippen molar-refractivity contribution in [3.63, 3.8) is 0 Å². The molecule has 1 saturated heterocycles. The molecule has 10 heavy (non-hydrogen) atoms. The van der Waals surface area contributed by atoms with Gasteiger partial charge in [0.15, 0.2) is 5.79 Å². The highest BCUT2D eigenvalue weighted by Crippen LogP contribution is 2.32. The van der Waals surface area contributed by atoms with Crippen LogP contribution in [0.15, 0.2) is 12.2 Å². The van der Waals surface area contributed by atoms with Gasteiger partial charge in [-0.05, 0) is 18.9 Å². The molecule has 2 nitrogen and oxygen atoms in total. The van der Waals surface area contributed by atoms with Crippen LogP contribution in [0.3, 0.4) is 0 Å². The van der Waals surface area contributed by atoms with Gasteiger partial charge in [0.25, 0.3) is 0 Å². The zero-order valence-electron chi connectivity index (χ0n) is 5.92. The SMILES string of the molecule is O[C@]12C=C[C@@H](CCCC1)O2. The third-order valence-corrected chi connectivity index (χ3v) is 2.20. The second kappa shape index (κ2) is 2.07. The summed E-state index contributed by atoms with van der Waals surface area (Å²) in [4.78, 5) is 0. The first kappa shape index (κ1) is 6.38. The molecule has 0 aliphatic carbocycles. The lowest BCUT2D eigenvalue weighted by atomic mass is 10.0. The second-order valence-electron chi connectivity index (χ2n) is 3.11. The van der Waals surface area contributed by atoms with Gasteiger partial charge in [0.05, 0.1) is 6.10 Å². The Morgan fingerprint density at radius 2 is 2.40 bits per heavy atom. The lowest BCUT2D eigenvalue weighted by Crippen LogP contribution is -2.26. The van der Waals surface area contributed by atoms with Crippen molar-refractivity contribution < 1.29 is 9.84 Å². The molecule has 0 saturated carbocycles. The summed E-state index contributed by atoms with van der Waals surface area (Å²) in [7, 11) is 0. The molecule has 0 unspecified atom stereocenters. The maximum absolute atomic E-state index is 9.59. The van der Waals surface area contributed by atoms with Crippen molar-refractivity contribution in [3.8, 4) is 0 Å². The van der Waals surface area contributed by atoms with Crippen molar-refractivity contribution in [2.75, 3.05) is 0 Å². The van der Waals surface area contributed by atoms with Crippen LogP contribution in [0.2, 0.25) is 0 Å². The average Bonchev–Trinajstić information content (AvgIpc) is 2.11. The fourth-order valence-electron chi connectivity index (χ4n) is 1.62. The van der Waals surface area contributed by atoms with Gasteiger partial charge in [-0.2, -0.15) is 0 Å². The van der Waals surface area contributed by atoms with Crippen molar-refractivity contribution in [2.24, 2.45) is 0 Å². The van der Waals surface area contributed by atoms with Crippen molar-refractivity contribution >= 4 is 0 Å². The number of hydrogen-bond acceptors (Lipinski definition) is 2. The number of ether oxygens (including phenoxy) is 1. The summed E-state index contributed by atoms with van der Waals surface area (Å²) < 4.78 is 5.35. The van der Waals surface area contributed by atoms with Crippen LogP contribution in [0, 0.1) is 0 Å². The fourth-order valence-corrected chi connectivity index (χ4v) is 1.62. The Kier molecular flexibility index (Phi) is 1.32. The Balaban J connectivity index is 2.17. The van der Waals surface area contributed by atoms with E-state index in [-0.39, 0.29) is 6.10 Å². The molecule has 2 heterocycles. The highest BCUT2D eigenvalue weighted by Gasteiger charge is 2.34. The Hall–Kier alpha value is -0.340. The Bertz CT molecular complexity index is 165. The number of hydrogen-bond donors (Lipinski definition) is 1. The summed E-state index contributed by atoms with van der Waals surface area (Å²) in [6.45, 7) is 0. The summed E-state index contributed by atoms with van der Waals surface area (Å²) in [5.41, 5.74) is 0. The molecule has 2 rings (SSSR count). The fraction of sp³-hybridized carbons (Fsp3) is 0.750. The normalized spacial score (nSPS) is 45.5. The molecule has 56 valence electrons. The molecule has 2 atom stereocenters. The summed E-state index contributed by atoms with van der Waals surface area (Å²) >= 11 is 0. The largest absolute Gasteiger partial charge is 0.362 e. The topological polar surface area (TPSA) is 29.5 Å². The van der Waals surface area contributed by atoms with Gasteiger partial charge >= 0.3 is 0 Å². The van der Waals surface area contributed by atoms with E-state index in [4.69, 9.17) is 4.74 Å². The lowest BCUT2D eigenvalue weighted by molar-refractivity contribution is -0.169. The van der Waals surface area contributed by atoms with Crippen LogP contribution in [0.5, 0.6) is 0 Å². The van der Waals surface area contributed by atoms with E-state index in [1.807, 2.05) is 6.08 Å².